The highest BCUT2D eigenvalue weighted by Crippen LogP contribution is 2.13. The zero-order valence-electron chi connectivity index (χ0n) is 11.9. The third kappa shape index (κ3) is 4.07. The van der Waals surface area contributed by atoms with E-state index >= 15 is 0 Å². The number of methoxy groups -OCH3 is 1. The van der Waals surface area contributed by atoms with E-state index in [1.807, 2.05) is 6.07 Å². The predicted molar refractivity (Wildman–Crippen MR) is 80.4 cm³/mol. The quantitative estimate of drug-likeness (QED) is 0.781. The smallest absolute Gasteiger partial charge is 0.319 e. The molecule has 2 amide bonds. The number of amides is 2. The molecule has 0 saturated heterocycles. The van der Waals surface area contributed by atoms with Crippen LogP contribution in [0.1, 0.15) is 5.56 Å². The van der Waals surface area contributed by atoms with Gasteiger partial charge < -0.3 is 20.7 Å². The number of anilines is 2. The van der Waals surface area contributed by atoms with Gasteiger partial charge in [0.05, 0.1) is 19.0 Å². The second-order valence-corrected chi connectivity index (χ2v) is 4.16. The van der Waals surface area contributed by atoms with E-state index in [9.17, 15) is 4.79 Å². The Kier molecular flexibility index (Phi) is 4.92. The molecule has 2 aromatic heterocycles. The van der Waals surface area contributed by atoms with Crippen molar-refractivity contribution in [1.29, 1.82) is 0 Å². The van der Waals surface area contributed by atoms with Gasteiger partial charge in [-0.3, -0.25) is 0 Å². The normalized spacial score (nSPS) is 9.81. The van der Waals surface area contributed by atoms with E-state index in [0.29, 0.717) is 18.1 Å². The molecule has 0 atom stereocenters. The maximum Gasteiger partial charge on any atom is 0.319 e. The van der Waals surface area contributed by atoms with Gasteiger partial charge in [-0.1, -0.05) is 6.07 Å². The summed E-state index contributed by atoms with van der Waals surface area (Å²) >= 11 is 0. The topological polar surface area (TPSA) is 88.2 Å². The van der Waals surface area contributed by atoms with Crippen LogP contribution in [0.5, 0.6) is 5.88 Å². The summed E-state index contributed by atoms with van der Waals surface area (Å²) in [6.07, 6.45) is 3.22. The molecule has 0 saturated carbocycles. The van der Waals surface area contributed by atoms with Crippen LogP contribution in [0, 0.1) is 0 Å². The van der Waals surface area contributed by atoms with Gasteiger partial charge in [-0.2, -0.15) is 0 Å². The van der Waals surface area contributed by atoms with E-state index < -0.39 is 0 Å². The highest BCUT2D eigenvalue weighted by Gasteiger charge is 2.06. The van der Waals surface area contributed by atoms with Crippen LogP contribution in [-0.4, -0.2) is 30.2 Å². The van der Waals surface area contributed by atoms with Crippen LogP contribution in [0.25, 0.3) is 0 Å². The summed E-state index contributed by atoms with van der Waals surface area (Å²) in [5.41, 5.74) is 1.42. The monoisotopic (exact) mass is 287 g/mol. The molecule has 0 radical (unpaired) electrons. The van der Waals surface area contributed by atoms with E-state index in [0.717, 1.165) is 11.4 Å². The van der Waals surface area contributed by atoms with Crippen molar-refractivity contribution in [3.63, 3.8) is 0 Å². The first-order chi connectivity index (χ1) is 10.2. The van der Waals surface area contributed by atoms with Crippen molar-refractivity contribution < 1.29 is 9.53 Å². The van der Waals surface area contributed by atoms with Crippen molar-refractivity contribution >= 4 is 17.5 Å². The van der Waals surface area contributed by atoms with Crippen LogP contribution < -0.4 is 20.7 Å². The molecule has 7 heteroatoms. The Balaban J connectivity index is 1.89. The molecule has 2 aromatic rings. The largest absolute Gasteiger partial charge is 0.481 e. The highest BCUT2D eigenvalue weighted by molar-refractivity contribution is 5.89. The molecule has 7 nitrogen and oxygen atoms in total. The molecule has 0 aliphatic carbocycles. The zero-order chi connectivity index (χ0) is 15.1. The number of aromatic nitrogens is 2. The van der Waals surface area contributed by atoms with Crippen molar-refractivity contribution in [3.8, 4) is 5.88 Å². The van der Waals surface area contributed by atoms with Crippen molar-refractivity contribution in [1.82, 2.24) is 15.3 Å². The van der Waals surface area contributed by atoms with E-state index in [1.54, 1.807) is 44.8 Å². The van der Waals surface area contributed by atoms with E-state index in [1.165, 1.54) is 0 Å². The molecule has 0 aliphatic rings. The van der Waals surface area contributed by atoms with Gasteiger partial charge in [-0.15, -0.1) is 0 Å². The minimum Gasteiger partial charge on any atom is -0.481 e. The van der Waals surface area contributed by atoms with E-state index in [2.05, 4.69) is 25.9 Å². The standard InChI is InChI=1S/C14H17N5O2/c1-15-12-6-5-11(9-17-12)19-14(20)18-8-10-4-3-7-16-13(10)21-2/h3-7,9H,8H2,1-2H3,(H,15,17)(H2,18,19,20). The maximum absolute atomic E-state index is 11.8. The molecular formula is C14H17N5O2. The third-order valence-electron chi connectivity index (χ3n) is 2.76. The minimum atomic E-state index is -0.320. The predicted octanol–water partition coefficient (Wildman–Crippen LogP) is 1.85. The number of hydrogen-bond acceptors (Lipinski definition) is 5. The zero-order valence-corrected chi connectivity index (χ0v) is 11.9. The molecule has 0 spiro atoms. The Labute approximate surface area is 122 Å². The van der Waals surface area contributed by atoms with Crippen LogP contribution in [-0.2, 0) is 6.54 Å². The first-order valence-electron chi connectivity index (χ1n) is 6.39. The van der Waals surface area contributed by atoms with Gasteiger partial charge in [0.1, 0.15) is 5.82 Å². The van der Waals surface area contributed by atoms with Gasteiger partial charge in [-0.05, 0) is 18.2 Å². The second kappa shape index (κ2) is 7.09. The highest BCUT2D eigenvalue weighted by atomic mass is 16.5. The Morgan fingerprint density at radius 3 is 2.81 bits per heavy atom. The van der Waals surface area contributed by atoms with Crippen LogP contribution in [0.3, 0.4) is 0 Å². The first-order valence-corrected chi connectivity index (χ1v) is 6.39. The summed E-state index contributed by atoms with van der Waals surface area (Å²) in [4.78, 5) is 20.0. The first kappa shape index (κ1) is 14.6. The summed E-state index contributed by atoms with van der Waals surface area (Å²) in [7, 11) is 3.32. The SMILES string of the molecule is CNc1ccc(NC(=O)NCc2cccnc2OC)cn1. The van der Waals surface area contributed by atoms with Crippen LogP contribution in [0.2, 0.25) is 0 Å². The number of hydrogen-bond donors (Lipinski definition) is 3. The molecule has 21 heavy (non-hydrogen) atoms. The summed E-state index contributed by atoms with van der Waals surface area (Å²) in [5.74, 6) is 1.24. The van der Waals surface area contributed by atoms with Crippen molar-refractivity contribution in [3.05, 3.63) is 42.2 Å². The van der Waals surface area contributed by atoms with Gasteiger partial charge in [0.15, 0.2) is 0 Å². The number of carbonyl (C=O) groups excluding carboxylic acids is 1. The fraction of sp³-hybridized carbons (Fsp3) is 0.214. The molecule has 0 bridgehead atoms. The van der Waals surface area contributed by atoms with Gasteiger partial charge in [0, 0.05) is 25.4 Å². The number of urea groups is 1. The molecule has 0 unspecified atom stereocenters. The number of nitrogens with zero attached hydrogens (tertiary/aromatic N) is 2. The van der Waals surface area contributed by atoms with Crippen LogP contribution in [0.15, 0.2) is 36.7 Å². The Morgan fingerprint density at radius 2 is 2.14 bits per heavy atom. The molecule has 2 heterocycles. The number of pyridine rings is 2. The summed E-state index contributed by atoms with van der Waals surface area (Å²) in [6, 6.07) is 6.86. The Bertz CT molecular complexity index is 601. The van der Waals surface area contributed by atoms with Crippen molar-refractivity contribution in [2.24, 2.45) is 0 Å². The number of nitrogens with one attached hydrogen (secondary N) is 3. The summed E-state index contributed by atoms with van der Waals surface area (Å²) in [5, 5.41) is 8.34. The molecule has 2 rings (SSSR count). The minimum absolute atomic E-state index is 0.320. The fourth-order valence-corrected chi connectivity index (χ4v) is 1.71. The lowest BCUT2D eigenvalue weighted by Crippen LogP contribution is -2.28. The number of ether oxygens (including phenoxy) is 1. The maximum atomic E-state index is 11.8. The second-order valence-electron chi connectivity index (χ2n) is 4.16. The Morgan fingerprint density at radius 1 is 1.29 bits per heavy atom. The molecule has 0 aromatic carbocycles. The van der Waals surface area contributed by atoms with Gasteiger partial charge in [0.25, 0.3) is 0 Å². The molecule has 0 fully saturated rings. The number of carbonyl (C=O) groups is 1. The molecular weight excluding hydrogens is 270 g/mol. The van der Waals surface area contributed by atoms with Crippen molar-refractivity contribution in [2.45, 2.75) is 6.54 Å². The number of rotatable bonds is 5. The van der Waals surface area contributed by atoms with Gasteiger partial charge >= 0.3 is 6.03 Å². The third-order valence-corrected chi connectivity index (χ3v) is 2.76. The average Bonchev–Trinajstić information content (AvgIpc) is 2.54. The van der Waals surface area contributed by atoms with E-state index in [-0.39, 0.29) is 6.03 Å². The van der Waals surface area contributed by atoms with Crippen molar-refractivity contribution in [2.75, 3.05) is 24.8 Å². The van der Waals surface area contributed by atoms with Crippen LogP contribution >= 0.6 is 0 Å². The lowest BCUT2D eigenvalue weighted by molar-refractivity contribution is 0.251. The summed E-state index contributed by atoms with van der Waals surface area (Å²) < 4.78 is 5.12. The molecule has 3 N–H and O–H groups in total. The lowest BCUT2D eigenvalue weighted by Gasteiger charge is -2.10. The lowest BCUT2D eigenvalue weighted by atomic mass is 10.3. The molecule has 110 valence electrons. The molecule has 0 aliphatic heterocycles. The van der Waals surface area contributed by atoms with Gasteiger partial charge in [0.2, 0.25) is 5.88 Å². The van der Waals surface area contributed by atoms with Crippen LogP contribution in [0.4, 0.5) is 16.3 Å². The fourth-order valence-electron chi connectivity index (χ4n) is 1.71. The summed E-state index contributed by atoms with van der Waals surface area (Å²) in [6.45, 7) is 0.324. The van der Waals surface area contributed by atoms with Gasteiger partial charge in [-0.25, -0.2) is 14.8 Å². The van der Waals surface area contributed by atoms with E-state index in [4.69, 9.17) is 4.74 Å². The Hall–Kier alpha value is -2.83. The average molecular weight is 287 g/mol.